The number of hydrogen-bond donors (Lipinski definition) is 1. The van der Waals surface area contributed by atoms with Crippen molar-refractivity contribution in [1.82, 2.24) is 19.8 Å². The Balaban J connectivity index is 1.63. The zero-order chi connectivity index (χ0) is 24.2. The quantitative estimate of drug-likeness (QED) is 0.652. The van der Waals surface area contributed by atoms with Gasteiger partial charge in [0.25, 0.3) is 0 Å². The topological polar surface area (TPSA) is 105 Å². The zero-order valence-corrected chi connectivity index (χ0v) is 20.8. The van der Waals surface area contributed by atoms with E-state index in [0.29, 0.717) is 32.0 Å². The molecule has 0 atom stereocenters. The van der Waals surface area contributed by atoms with Crippen LogP contribution in [0.4, 0.5) is 16.4 Å². The van der Waals surface area contributed by atoms with Gasteiger partial charge in [-0.3, -0.25) is 0 Å². The first-order valence-corrected chi connectivity index (χ1v) is 12.8. The Morgan fingerprint density at radius 2 is 1.91 bits per heavy atom. The second-order valence-corrected chi connectivity index (χ2v) is 11.7. The van der Waals surface area contributed by atoms with E-state index < -0.39 is 15.4 Å². The van der Waals surface area contributed by atoms with E-state index in [0.717, 1.165) is 22.5 Å². The van der Waals surface area contributed by atoms with Gasteiger partial charge < -0.3 is 19.9 Å². The number of carbonyl (C=O) groups excluding carboxylic acids is 1. The van der Waals surface area contributed by atoms with Gasteiger partial charge in [0.2, 0.25) is 5.95 Å². The zero-order valence-electron chi connectivity index (χ0n) is 20.0. The fourth-order valence-corrected chi connectivity index (χ4v) is 4.79. The summed E-state index contributed by atoms with van der Waals surface area (Å²) in [5.74, 6) is 0.561. The number of benzene rings is 1. The lowest BCUT2D eigenvalue weighted by molar-refractivity contribution is 0.0220. The van der Waals surface area contributed by atoms with E-state index in [-0.39, 0.29) is 17.6 Å². The van der Waals surface area contributed by atoms with E-state index in [4.69, 9.17) is 4.74 Å². The number of sulfone groups is 1. The second-order valence-electron chi connectivity index (χ2n) is 9.53. The summed E-state index contributed by atoms with van der Waals surface area (Å²) in [4.78, 5) is 24.9. The summed E-state index contributed by atoms with van der Waals surface area (Å²) in [7, 11) is 0.545. The molecule has 1 aliphatic heterocycles. The van der Waals surface area contributed by atoms with Crippen molar-refractivity contribution in [1.29, 1.82) is 0 Å². The lowest BCUT2D eigenvalue weighted by Gasteiger charge is -2.30. The normalized spacial score (nSPS) is 14.2. The Hall–Kier alpha value is -2.72. The second kappa shape index (κ2) is 10.0. The predicted octanol–water partition coefficient (Wildman–Crippen LogP) is 2.99. The number of nitrogens with one attached hydrogen (secondary N) is 1. The molecule has 0 bridgehead atoms. The van der Waals surface area contributed by atoms with Crippen LogP contribution in [0.25, 0.3) is 0 Å². The van der Waals surface area contributed by atoms with Gasteiger partial charge in [0.1, 0.15) is 5.60 Å². The Morgan fingerprint density at radius 1 is 1.21 bits per heavy atom. The maximum absolute atomic E-state index is 12.4. The van der Waals surface area contributed by atoms with Gasteiger partial charge in [-0.2, -0.15) is 0 Å². The molecular weight excluding hydrogens is 442 g/mol. The van der Waals surface area contributed by atoms with Crippen LogP contribution in [0, 0.1) is 0 Å². The van der Waals surface area contributed by atoms with Crippen molar-refractivity contribution in [2.45, 2.75) is 45.1 Å². The monoisotopic (exact) mass is 475 g/mol. The molecule has 0 unspecified atom stereocenters. The maximum atomic E-state index is 12.4. The third-order valence-corrected chi connectivity index (χ3v) is 6.62. The lowest BCUT2D eigenvalue weighted by Crippen LogP contribution is -2.40. The van der Waals surface area contributed by atoms with Crippen molar-refractivity contribution in [3.8, 4) is 0 Å². The molecule has 1 N–H and O–H groups in total. The first-order chi connectivity index (χ1) is 15.4. The van der Waals surface area contributed by atoms with Crippen LogP contribution in [0.3, 0.4) is 0 Å². The van der Waals surface area contributed by atoms with E-state index in [9.17, 15) is 13.2 Å². The van der Waals surface area contributed by atoms with Gasteiger partial charge in [-0.1, -0.05) is 12.1 Å². The van der Waals surface area contributed by atoms with Gasteiger partial charge in [0.05, 0.1) is 23.7 Å². The van der Waals surface area contributed by atoms with Crippen LogP contribution in [0.5, 0.6) is 0 Å². The van der Waals surface area contributed by atoms with Gasteiger partial charge in [0, 0.05) is 25.0 Å². The minimum atomic E-state index is -3.16. The molecule has 0 spiro atoms. The molecule has 0 saturated carbocycles. The SMILES string of the molecule is CN(C)CCS(=O)(=O)Cc1ccc(Nc2ncc3c(n2)CN(C(=O)OC(C)(C)C)CC3)cc1. The lowest BCUT2D eigenvalue weighted by atomic mass is 10.1. The van der Waals surface area contributed by atoms with Gasteiger partial charge in [0.15, 0.2) is 9.84 Å². The van der Waals surface area contributed by atoms with Gasteiger partial charge in [-0.05, 0) is 64.5 Å². The number of hydrogen-bond acceptors (Lipinski definition) is 8. The van der Waals surface area contributed by atoms with Crippen molar-refractivity contribution in [2.24, 2.45) is 0 Å². The highest BCUT2D eigenvalue weighted by Crippen LogP contribution is 2.22. The van der Waals surface area contributed by atoms with E-state index in [2.05, 4.69) is 15.3 Å². The average Bonchev–Trinajstić information content (AvgIpc) is 2.72. The number of fused-ring (bicyclic) bond motifs is 1. The summed E-state index contributed by atoms with van der Waals surface area (Å²) in [6.07, 6.45) is 2.10. The third-order valence-electron chi connectivity index (χ3n) is 5.04. The van der Waals surface area contributed by atoms with Crippen LogP contribution >= 0.6 is 0 Å². The molecule has 1 aliphatic rings. The molecule has 1 amide bonds. The number of nitrogens with zero attached hydrogens (tertiary/aromatic N) is 4. The highest BCUT2D eigenvalue weighted by molar-refractivity contribution is 7.90. The molecule has 10 heteroatoms. The molecular formula is C23H33N5O4S. The van der Waals surface area contributed by atoms with Gasteiger partial charge >= 0.3 is 6.09 Å². The number of carbonyl (C=O) groups is 1. The summed E-state index contributed by atoms with van der Waals surface area (Å²) in [6, 6.07) is 7.20. The molecule has 0 radical (unpaired) electrons. The fourth-order valence-electron chi connectivity index (χ4n) is 3.31. The van der Waals surface area contributed by atoms with Crippen LogP contribution in [-0.2, 0) is 33.3 Å². The summed E-state index contributed by atoms with van der Waals surface area (Å²) in [5.41, 5.74) is 2.74. The molecule has 180 valence electrons. The Morgan fingerprint density at radius 3 is 2.55 bits per heavy atom. The average molecular weight is 476 g/mol. The van der Waals surface area contributed by atoms with Crippen LogP contribution in [-0.4, -0.2) is 72.8 Å². The fraction of sp³-hybridized carbons (Fsp3) is 0.522. The van der Waals surface area contributed by atoms with Crippen molar-refractivity contribution in [3.63, 3.8) is 0 Å². The summed E-state index contributed by atoms with van der Waals surface area (Å²) < 4.78 is 30.0. The van der Waals surface area contributed by atoms with Crippen LogP contribution in [0.2, 0.25) is 0 Å². The molecule has 1 aromatic carbocycles. The molecule has 9 nitrogen and oxygen atoms in total. The van der Waals surface area contributed by atoms with Crippen molar-refractivity contribution in [3.05, 3.63) is 47.3 Å². The molecule has 0 fully saturated rings. The predicted molar refractivity (Wildman–Crippen MR) is 128 cm³/mol. The minimum Gasteiger partial charge on any atom is -0.444 e. The molecule has 3 rings (SSSR count). The number of anilines is 2. The van der Waals surface area contributed by atoms with E-state index in [1.807, 2.05) is 51.9 Å². The number of amides is 1. The molecule has 2 heterocycles. The summed E-state index contributed by atoms with van der Waals surface area (Å²) in [5, 5.41) is 3.15. The van der Waals surface area contributed by atoms with Gasteiger partial charge in [-0.25, -0.2) is 23.2 Å². The number of aromatic nitrogens is 2. The Bertz CT molecular complexity index is 1080. The maximum Gasteiger partial charge on any atom is 0.410 e. The first kappa shape index (κ1) is 24.9. The minimum absolute atomic E-state index is 0.0109. The first-order valence-electron chi connectivity index (χ1n) is 10.9. The van der Waals surface area contributed by atoms with E-state index in [1.165, 1.54) is 0 Å². The van der Waals surface area contributed by atoms with Gasteiger partial charge in [-0.15, -0.1) is 0 Å². The van der Waals surface area contributed by atoms with Crippen molar-refractivity contribution < 1.29 is 17.9 Å². The number of ether oxygens (including phenoxy) is 1. The van der Waals surface area contributed by atoms with Crippen LogP contribution < -0.4 is 5.32 Å². The molecule has 1 aromatic heterocycles. The molecule has 0 saturated heterocycles. The van der Waals surface area contributed by atoms with Crippen molar-refractivity contribution in [2.75, 3.05) is 38.3 Å². The summed E-state index contributed by atoms with van der Waals surface area (Å²) >= 11 is 0. The highest BCUT2D eigenvalue weighted by atomic mass is 32.2. The molecule has 2 aromatic rings. The highest BCUT2D eigenvalue weighted by Gasteiger charge is 2.26. The molecule has 0 aliphatic carbocycles. The Kier molecular flexibility index (Phi) is 7.58. The molecule has 33 heavy (non-hydrogen) atoms. The smallest absolute Gasteiger partial charge is 0.410 e. The largest absolute Gasteiger partial charge is 0.444 e. The van der Waals surface area contributed by atoms with Crippen LogP contribution in [0.15, 0.2) is 30.5 Å². The van der Waals surface area contributed by atoms with E-state index >= 15 is 0 Å². The van der Waals surface area contributed by atoms with Crippen LogP contribution in [0.1, 0.15) is 37.6 Å². The number of rotatable bonds is 7. The third kappa shape index (κ3) is 7.68. The van der Waals surface area contributed by atoms with Crippen molar-refractivity contribution >= 4 is 27.6 Å². The van der Waals surface area contributed by atoms with E-state index in [1.54, 1.807) is 23.2 Å². The standard InChI is InChI=1S/C23H33N5O4S/c1-23(2,3)32-22(29)28-11-10-18-14-24-21(26-20(18)15-28)25-19-8-6-17(7-9-19)16-33(30,31)13-12-27(4)5/h6-9,14H,10-13,15-16H2,1-5H3,(H,24,25,26). The Labute approximate surface area is 196 Å². The summed E-state index contributed by atoms with van der Waals surface area (Å²) in [6.45, 7) is 6.97.